The van der Waals surface area contributed by atoms with Gasteiger partial charge in [0.1, 0.15) is 6.07 Å². The van der Waals surface area contributed by atoms with E-state index in [4.69, 9.17) is 11.6 Å². The number of nitrogens with one attached hydrogen (secondary N) is 2. The highest BCUT2D eigenvalue weighted by atomic mass is 35.5. The van der Waals surface area contributed by atoms with Gasteiger partial charge in [-0.2, -0.15) is 20.0 Å². The summed E-state index contributed by atoms with van der Waals surface area (Å²) >= 11 is 6.78. The van der Waals surface area contributed by atoms with Crippen LogP contribution in [0.4, 0.5) is 26.2 Å². The van der Waals surface area contributed by atoms with Gasteiger partial charge in [0.15, 0.2) is 17.2 Å². The minimum Gasteiger partial charge on any atom is -0.364 e. The van der Waals surface area contributed by atoms with Crippen molar-refractivity contribution in [2.75, 3.05) is 30.3 Å². The topological polar surface area (TPSA) is 118 Å². The van der Waals surface area contributed by atoms with E-state index in [0.717, 1.165) is 18.4 Å². The summed E-state index contributed by atoms with van der Waals surface area (Å²) in [6.45, 7) is 0.846. The van der Waals surface area contributed by atoms with E-state index in [-0.39, 0.29) is 24.1 Å². The van der Waals surface area contributed by atoms with Crippen LogP contribution in [0, 0.1) is 22.7 Å². The van der Waals surface area contributed by atoms with Crippen molar-refractivity contribution in [1.82, 2.24) is 24.5 Å². The molecule has 1 aliphatic heterocycles. The quantitative estimate of drug-likeness (QED) is 0.496. The number of hydrogen-bond donors (Lipinski definition) is 2. The van der Waals surface area contributed by atoms with Gasteiger partial charge in [0.25, 0.3) is 6.43 Å². The van der Waals surface area contributed by atoms with Gasteiger partial charge in [-0.3, -0.25) is 4.90 Å². The SMILES string of the molecule is N#Cc1cc(Nc2nc(NC3CC3)c3ncc(C#N)n3n2)c(Cl)c(C2CCN(CC(F)F)CC2)c1. The highest BCUT2D eigenvalue weighted by molar-refractivity contribution is 6.34. The summed E-state index contributed by atoms with van der Waals surface area (Å²) in [4.78, 5) is 10.6. The van der Waals surface area contributed by atoms with E-state index in [2.05, 4.69) is 37.8 Å². The molecule has 1 aromatic carbocycles. The van der Waals surface area contributed by atoms with Gasteiger partial charge in [0.05, 0.1) is 35.1 Å². The number of anilines is 3. The minimum absolute atomic E-state index is 0.0413. The first-order chi connectivity index (χ1) is 16.9. The number of nitriles is 2. The number of nitrogens with zero attached hydrogens (tertiary/aromatic N) is 7. The molecular formula is C23H22ClF2N9. The molecule has 0 amide bonds. The number of fused-ring (bicyclic) bond motifs is 1. The molecule has 0 spiro atoms. The Bertz CT molecular complexity index is 1330. The molecule has 1 aliphatic carbocycles. The molecule has 0 radical (unpaired) electrons. The van der Waals surface area contributed by atoms with Crippen molar-refractivity contribution in [3.63, 3.8) is 0 Å². The fraction of sp³-hybridized carbons (Fsp3) is 0.435. The number of alkyl halides is 2. The molecule has 9 nitrogen and oxygen atoms in total. The van der Waals surface area contributed by atoms with Gasteiger partial charge in [0.2, 0.25) is 5.95 Å². The predicted octanol–water partition coefficient (Wildman–Crippen LogP) is 4.28. The van der Waals surface area contributed by atoms with Crippen LogP contribution in [-0.4, -0.2) is 56.6 Å². The average molecular weight is 498 g/mol. The molecule has 0 bridgehead atoms. The Kier molecular flexibility index (Phi) is 6.37. The van der Waals surface area contributed by atoms with Crippen LogP contribution in [-0.2, 0) is 0 Å². The number of aromatic nitrogens is 4. The van der Waals surface area contributed by atoms with Gasteiger partial charge in [-0.15, -0.1) is 5.10 Å². The summed E-state index contributed by atoms with van der Waals surface area (Å²) in [5.41, 5.74) is 2.39. The van der Waals surface area contributed by atoms with Crippen molar-refractivity contribution in [2.24, 2.45) is 0 Å². The van der Waals surface area contributed by atoms with E-state index in [1.807, 2.05) is 0 Å². The lowest BCUT2D eigenvalue weighted by Gasteiger charge is -2.32. The molecule has 0 atom stereocenters. The highest BCUT2D eigenvalue weighted by Crippen LogP contribution is 2.39. The van der Waals surface area contributed by atoms with Crippen LogP contribution in [0.25, 0.3) is 5.65 Å². The van der Waals surface area contributed by atoms with E-state index in [0.29, 0.717) is 59.7 Å². The van der Waals surface area contributed by atoms with Gasteiger partial charge >= 0.3 is 0 Å². The maximum absolute atomic E-state index is 12.7. The molecule has 1 saturated carbocycles. The Labute approximate surface area is 205 Å². The summed E-state index contributed by atoms with van der Waals surface area (Å²) in [6.07, 6.45) is 2.47. The molecule has 2 N–H and O–H groups in total. The van der Waals surface area contributed by atoms with Crippen molar-refractivity contribution in [2.45, 2.75) is 44.1 Å². The lowest BCUT2D eigenvalue weighted by Crippen LogP contribution is -2.36. The van der Waals surface area contributed by atoms with Crippen molar-refractivity contribution in [1.29, 1.82) is 10.5 Å². The van der Waals surface area contributed by atoms with Crippen LogP contribution < -0.4 is 10.6 Å². The second-order valence-electron chi connectivity index (χ2n) is 8.82. The molecule has 5 rings (SSSR count). The molecular weight excluding hydrogens is 476 g/mol. The maximum Gasteiger partial charge on any atom is 0.251 e. The van der Waals surface area contributed by atoms with E-state index in [9.17, 15) is 19.3 Å². The standard InChI is InChI=1S/C23H22ClF2N9/c24-20-17(14-3-5-34(6-4-14)12-19(25)26)7-13(9-27)8-18(20)31-23-32-21(30-15-1-2-15)22-29-11-16(10-28)35(22)33-23/h7-8,11,14-15,19H,1-6,12H2,(H2,30,31,32,33). The van der Waals surface area contributed by atoms with Gasteiger partial charge in [-0.1, -0.05) is 11.6 Å². The Hall–Kier alpha value is -3.54. The van der Waals surface area contributed by atoms with E-state index < -0.39 is 6.43 Å². The molecule has 2 aliphatic rings. The number of piperidine rings is 1. The number of rotatable bonds is 7. The molecule has 3 heterocycles. The molecule has 180 valence electrons. The largest absolute Gasteiger partial charge is 0.364 e. The number of imidazole rings is 1. The van der Waals surface area contributed by atoms with Crippen LogP contribution in [0.15, 0.2) is 18.3 Å². The second kappa shape index (κ2) is 9.61. The fourth-order valence-electron chi connectivity index (χ4n) is 4.37. The maximum atomic E-state index is 12.7. The van der Waals surface area contributed by atoms with Crippen LogP contribution in [0.5, 0.6) is 0 Å². The lowest BCUT2D eigenvalue weighted by atomic mass is 9.88. The second-order valence-corrected chi connectivity index (χ2v) is 9.20. The van der Waals surface area contributed by atoms with Crippen LogP contribution >= 0.6 is 11.6 Å². The van der Waals surface area contributed by atoms with Crippen LogP contribution in [0.3, 0.4) is 0 Å². The average Bonchev–Trinajstić information content (AvgIpc) is 3.56. The summed E-state index contributed by atoms with van der Waals surface area (Å²) < 4.78 is 26.9. The third kappa shape index (κ3) is 4.97. The summed E-state index contributed by atoms with van der Waals surface area (Å²) in [6, 6.07) is 7.92. The van der Waals surface area contributed by atoms with Crippen LogP contribution in [0.1, 0.15) is 48.4 Å². The summed E-state index contributed by atoms with van der Waals surface area (Å²) in [7, 11) is 0. The Morgan fingerprint density at radius 1 is 1.14 bits per heavy atom. The summed E-state index contributed by atoms with van der Waals surface area (Å²) in [5, 5.41) is 30.3. The van der Waals surface area contributed by atoms with Gasteiger partial charge in [-0.05, 0) is 62.4 Å². The first kappa shape index (κ1) is 23.2. The lowest BCUT2D eigenvalue weighted by molar-refractivity contribution is 0.0754. The van der Waals surface area contributed by atoms with Gasteiger partial charge in [-0.25, -0.2) is 13.8 Å². The zero-order chi connectivity index (χ0) is 24.5. The Morgan fingerprint density at radius 2 is 1.91 bits per heavy atom. The van der Waals surface area contributed by atoms with Crippen molar-refractivity contribution < 1.29 is 8.78 Å². The molecule has 2 aromatic heterocycles. The molecule has 0 unspecified atom stereocenters. The Balaban J connectivity index is 1.46. The number of likely N-dealkylation sites (tertiary alicyclic amines) is 1. The van der Waals surface area contributed by atoms with Crippen molar-refractivity contribution in [3.05, 3.63) is 40.2 Å². The number of halogens is 3. The third-order valence-electron chi connectivity index (χ3n) is 6.29. The number of benzene rings is 1. The van der Waals surface area contributed by atoms with Crippen LogP contribution in [0.2, 0.25) is 5.02 Å². The third-order valence-corrected chi connectivity index (χ3v) is 6.72. The first-order valence-corrected chi connectivity index (χ1v) is 11.8. The molecule has 1 saturated heterocycles. The minimum atomic E-state index is -2.36. The molecule has 35 heavy (non-hydrogen) atoms. The van der Waals surface area contributed by atoms with Crippen molar-refractivity contribution in [3.8, 4) is 12.1 Å². The zero-order valence-electron chi connectivity index (χ0n) is 18.7. The zero-order valence-corrected chi connectivity index (χ0v) is 19.4. The molecule has 12 heteroatoms. The van der Waals surface area contributed by atoms with E-state index >= 15 is 0 Å². The number of hydrogen-bond acceptors (Lipinski definition) is 8. The van der Waals surface area contributed by atoms with Gasteiger partial charge < -0.3 is 10.6 Å². The smallest absolute Gasteiger partial charge is 0.251 e. The van der Waals surface area contributed by atoms with E-state index in [1.165, 1.54) is 10.7 Å². The summed E-state index contributed by atoms with van der Waals surface area (Å²) in [5.74, 6) is 0.745. The monoisotopic (exact) mass is 497 g/mol. The fourth-order valence-corrected chi connectivity index (χ4v) is 4.68. The molecule has 3 aromatic rings. The molecule has 2 fully saturated rings. The normalized spacial score (nSPS) is 16.9. The Morgan fingerprint density at radius 3 is 2.57 bits per heavy atom. The van der Waals surface area contributed by atoms with Gasteiger partial charge in [0, 0.05) is 6.04 Å². The first-order valence-electron chi connectivity index (χ1n) is 11.4. The highest BCUT2D eigenvalue weighted by Gasteiger charge is 2.27. The van der Waals surface area contributed by atoms with E-state index in [1.54, 1.807) is 17.0 Å². The van der Waals surface area contributed by atoms with Crippen molar-refractivity contribution >= 4 is 34.7 Å². The predicted molar refractivity (Wildman–Crippen MR) is 126 cm³/mol.